The summed E-state index contributed by atoms with van der Waals surface area (Å²) >= 11 is 0. The van der Waals surface area contributed by atoms with Crippen LogP contribution in [0.1, 0.15) is 15.9 Å². The third-order valence-corrected chi connectivity index (χ3v) is 2.94. The summed E-state index contributed by atoms with van der Waals surface area (Å²) in [5.41, 5.74) is 1.89. The molecule has 0 spiro atoms. The molecule has 0 radical (unpaired) electrons. The van der Waals surface area contributed by atoms with Crippen molar-refractivity contribution in [3.63, 3.8) is 0 Å². The van der Waals surface area contributed by atoms with Crippen molar-refractivity contribution in [1.29, 1.82) is 0 Å². The SMILES string of the molecule is Cc1ccc(N(C)C(=O)c2cc(O)ccc2O)cc1. The molecule has 4 nitrogen and oxygen atoms in total. The third kappa shape index (κ3) is 2.68. The van der Waals surface area contributed by atoms with E-state index in [1.807, 2.05) is 31.2 Å². The predicted octanol–water partition coefficient (Wildman–Crippen LogP) is 2.68. The van der Waals surface area contributed by atoms with Crippen LogP contribution in [0.2, 0.25) is 0 Å². The van der Waals surface area contributed by atoms with Crippen molar-refractivity contribution >= 4 is 11.6 Å². The molecule has 98 valence electrons. The monoisotopic (exact) mass is 257 g/mol. The minimum Gasteiger partial charge on any atom is -0.508 e. The Labute approximate surface area is 111 Å². The summed E-state index contributed by atoms with van der Waals surface area (Å²) in [6.45, 7) is 1.96. The van der Waals surface area contributed by atoms with Gasteiger partial charge >= 0.3 is 0 Å². The van der Waals surface area contributed by atoms with Gasteiger partial charge in [0.15, 0.2) is 0 Å². The topological polar surface area (TPSA) is 60.8 Å². The summed E-state index contributed by atoms with van der Waals surface area (Å²) in [7, 11) is 1.62. The Bertz CT molecular complexity index is 605. The quantitative estimate of drug-likeness (QED) is 0.813. The number of benzene rings is 2. The minimum absolute atomic E-state index is 0.0570. The number of phenolic OH excluding ortho intramolecular Hbond substituents is 2. The van der Waals surface area contributed by atoms with Crippen LogP contribution < -0.4 is 4.90 Å². The molecule has 2 N–H and O–H groups in total. The first-order valence-corrected chi connectivity index (χ1v) is 5.86. The molecule has 0 saturated heterocycles. The van der Waals surface area contributed by atoms with Crippen LogP contribution in [-0.4, -0.2) is 23.2 Å². The summed E-state index contributed by atoms with van der Waals surface area (Å²) < 4.78 is 0. The molecule has 0 atom stereocenters. The van der Waals surface area contributed by atoms with E-state index in [-0.39, 0.29) is 23.0 Å². The Morgan fingerprint density at radius 3 is 2.32 bits per heavy atom. The lowest BCUT2D eigenvalue weighted by Gasteiger charge is -2.18. The van der Waals surface area contributed by atoms with Gasteiger partial charge in [-0.05, 0) is 37.3 Å². The Kier molecular flexibility index (Phi) is 3.42. The van der Waals surface area contributed by atoms with E-state index in [0.29, 0.717) is 0 Å². The van der Waals surface area contributed by atoms with Crippen LogP contribution in [0.15, 0.2) is 42.5 Å². The molecule has 19 heavy (non-hydrogen) atoms. The zero-order valence-corrected chi connectivity index (χ0v) is 10.8. The highest BCUT2D eigenvalue weighted by molar-refractivity contribution is 6.07. The number of aromatic hydroxyl groups is 2. The number of hydrogen-bond donors (Lipinski definition) is 2. The Morgan fingerprint density at radius 2 is 1.68 bits per heavy atom. The molecule has 0 aliphatic carbocycles. The highest BCUT2D eigenvalue weighted by Gasteiger charge is 2.17. The Morgan fingerprint density at radius 1 is 1.05 bits per heavy atom. The van der Waals surface area contributed by atoms with E-state index in [4.69, 9.17) is 0 Å². The summed E-state index contributed by atoms with van der Waals surface area (Å²) in [5, 5.41) is 19.1. The zero-order chi connectivity index (χ0) is 14.0. The number of nitrogens with zero attached hydrogens (tertiary/aromatic N) is 1. The molecule has 0 aliphatic rings. The molecular formula is C15H15NO3. The average molecular weight is 257 g/mol. The lowest BCUT2D eigenvalue weighted by molar-refractivity contribution is 0.0990. The number of anilines is 1. The highest BCUT2D eigenvalue weighted by Crippen LogP contribution is 2.25. The standard InChI is InChI=1S/C15H15NO3/c1-10-3-5-11(6-4-10)16(2)15(19)13-9-12(17)7-8-14(13)18/h3-9,17-18H,1-2H3. The van der Waals surface area contributed by atoms with E-state index >= 15 is 0 Å². The number of carbonyl (C=O) groups is 1. The second-order valence-corrected chi connectivity index (χ2v) is 4.40. The maximum Gasteiger partial charge on any atom is 0.261 e. The van der Waals surface area contributed by atoms with Crippen LogP contribution in [0.3, 0.4) is 0 Å². The van der Waals surface area contributed by atoms with Gasteiger partial charge in [0.1, 0.15) is 11.5 Å². The summed E-state index contributed by atoms with van der Waals surface area (Å²) in [5.74, 6) is -0.586. The van der Waals surface area contributed by atoms with Gasteiger partial charge in [-0.1, -0.05) is 17.7 Å². The molecule has 0 aromatic heterocycles. The predicted molar refractivity (Wildman–Crippen MR) is 73.7 cm³/mol. The van der Waals surface area contributed by atoms with Crippen molar-refractivity contribution in [2.45, 2.75) is 6.92 Å². The Balaban J connectivity index is 2.33. The molecule has 0 aliphatic heterocycles. The second kappa shape index (κ2) is 5.02. The summed E-state index contributed by atoms with van der Waals surface area (Å²) in [6, 6.07) is 11.3. The molecule has 0 fully saturated rings. The summed E-state index contributed by atoms with van der Waals surface area (Å²) in [6.07, 6.45) is 0. The number of aryl methyl sites for hydroxylation is 1. The molecule has 0 saturated carbocycles. The van der Waals surface area contributed by atoms with Crippen LogP contribution in [0.5, 0.6) is 11.5 Å². The maximum absolute atomic E-state index is 12.3. The van der Waals surface area contributed by atoms with Gasteiger partial charge in [-0.25, -0.2) is 0 Å². The van der Waals surface area contributed by atoms with Crippen LogP contribution >= 0.6 is 0 Å². The van der Waals surface area contributed by atoms with E-state index in [9.17, 15) is 15.0 Å². The van der Waals surface area contributed by atoms with Gasteiger partial charge < -0.3 is 15.1 Å². The van der Waals surface area contributed by atoms with Gasteiger partial charge in [0.2, 0.25) is 0 Å². The number of amides is 1. The molecule has 2 aromatic carbocycles. The van der Waals surface area contributed by atoms with Gasteiger partial charge in [0.25, 0.3) is 5.91 Å². The second-order valence-electron chi connectivity index (χ2n) is 4.40. The van der Waals surface area contributed by atoms with E-state index in [1.165, 1.54) is 23.1 Å². The molecule has 4 heteroatoms. The number of carbonyl (C=O) groups excluding carboxylic acids is 1. The average Bonchev–Trinajstić information content (AvgIpc) is 2.41. The molecule has 0 bridgehead atoms. The molecule has 2 aromatic rings. The summed E-state index contributed by atoms with van der Waals surface area (Å²) in [4.78, 5) is 13.7. The lowest BCUT2D eigenvalue weighted by atomic mass is 10.1. The minimum atomic E-state index is -0.378. The number of rotatable bonds is 2. The van der Waals surface area contributed by atoms with E-state index < -0.39 is 0 Å². The van der Waals surface area contributed by atoms with Crippen molar-refractivity contribution in [3.8, 4) is 11.5 Å². The first-order chi connectivity index (χ1) is 8.99. The zero-order valence-electron chi connectivity index (χ0n) is 10.8. The molecule has 0 unspecified atom stereocenters. The lowest BCUT2D eigenvalue weighted by Crippen LogP contribution is -2.26. The van der Waals surface area contributed by atoms with Crippen molar-refractivity contribution in [2.75, 3.05) is 11.9 Å². The van der Waals surface area contributed by atoms with Crippen LogP contribution in [0.4, 0.5) is 5.69 Å². The molecular weight excluding hydrogens is 242 g/mol. The first kappa shape index (κ1) is 13.0. The van der Waals surface area contributed by atoms with Gasteiger partial charge in [0, 0.05) is 12.7 Å². The number of phenols is 2. The first-order valence-electron chi connectivity index (χ1n) is 5.86. The molecule has 0 heterocycles. The van der Waals surface area contributed by atoms with Gasteiger partial charge in [-0.15, -0.1) is 0 Å². The maximum atomic E-state index is 12.3. The van der Waals surface area contributed by atoms with Crippen LogP contribution in [0, 0.1) is 6.92 Å². The van der Waals surface area contributed by atoms with Crippen LogP contribution in [-0.2, 0) is 0 Å². The fourth-order valence-corrected chi connectivity index (χ4v) is 1.76. The van der Waals surface area contributed by atoms with E-state index in [0.717, 1.165) is 11.3 Å². The highest BCUT2D eigenvalue weighted by atomic mass is 16.3. The third-order valence-electron chi connectivity index (χ3n) is 2.94. The largest absolute Gasteiger partial charge is 0.508 e. The van der Waals surface area contributed by atoms with Crippen LogP contribution in [0.25, 0.3) is 0 Å². The molecule has 2 rings (SSSR count). The van der Waals surface area contributed by atoms with Crippen molar-refractivity contribution < 1.29 is 15.0 Å². The smallest absolute Gasteiger partial charge is 0.261 e. The fourth-order valence-electron chi connectivity index (χ4n) is 1.76. The number of hydrogen-bond acceptors (Lipinski definition) is 3. The normalized spacial score (nSPS) is 10.2. The van der Waals surface area contributed by atoms with Crippen molar-refractivity contribution in [2.24, 2.45) is 0 Å². The van der Waals surface area contributed by atoms with Gasteiger partial charge in [-0.3, -0.25) is 4.79 Å². The fraction of sp³-hybridized carbons (Fsp3) is 0.133. The van der Waals surface area contributed by atoms with Gasteiger partial charge in [0.05, 0.1) is 5.56 Å². The Hall–Kier alpha value is -2.49. The van der Waals surface area contributed by atoms with Gasteiger partial charge in [-0.2, -0.15) is 0 Å². The molecule has 1 amide bonds. The van der Waals surface area contributed by atoms with Crippen molar-refractivity contribution in [3.05, 3.63) is 53.6 Å². The van der Waals surface area contributed by atoms with E-state index in [2.05, 4.69) is 0 Å². The van der Waals surface area contributed by atoms with Crippen molar-refractivity contribution in [1.82, 2.24) is 0 Å². The van der Waals surface area contributed by atoms with E-state index in [1.54, 1.807) is 7.05 Å².